The van der Waals surface area contributed by atoms with Crippen LogP contribution >= 0.6 is 11.6 Å². The molecule has 0 radical (unpaired) electrons. The van der Waals surface area contributed by atoms with E-state index in [1.807, 2.05) is 11.7 Å². The third-order valence-electron chi connectivity index (χ3n) is 5.23. The first kappa shape index (κ1) is 13.4. The molecule has 0 saturated heterocycles. The topological polar surface area (TPSA) is 29.9 Å². The number of halogens is 1. The van der Waals surface area contributed by atoms with Gasteiger partial charge >= 0.3 is 0 Å². The predicted molar refractivity (Wildman–Crippen MR) is 78.3 cm³/mol. The Kier molecular flexibility index (Phi) is 3.86. The second-order valence-corrected chi connectivity index (χ2v) is 6.61. The van der Waals surface area contributed by atoms with Gasteiger partial charge < -0.3 is 5.32 Å². The Hall–Kier alpha value is -0.540. The molecule has 4 heteroatoms. The van der Waals surface area contributed by atoms with E-state index in [-0.39, 0.29) is 0 Å². The van der Waals surface area contributed by atoms with Gasteiger partial charge in [0.25, 0.3) is 0 Å². The molecule has 3 nitrogen and oxygen atoms in total. The Bertz CT molecular complexity index is 443. The lowest BCUT2D eigenvalue weighted by Gasteiger charge is -2.27. The van der Waals surface area contributed by atoms with Crippen molar-refractivity contribution in [3.8, 4) is 0 Å². The van der Waals surface area contributed by atoms with Crippen molar-refractivity contribution in [2.75, 3.05) is 7.05 Å². The maximum absolute atomic E-state index is 6.34. The van der Waals surface area contributed by atoms with Gasteiger partial charge in [0.2, 0.25) is 0 Å². The Labute approximate surface area is 120 Å². The van der Waals surface area contributed by atoms with Gasteiger partial charge in [-0.3, -0.25) is 4.68 Å². The summed E-state index contributed by atoms with van der Waals surface area (Å²) in [4.78, 5) is 0. The highest BCUT2D eigenvalue weighted by Gasteiger charge is 2.40. The third kappa shape index (κ3) is 2.43. The molecule has 0 aliphatic heterocycles. The summed E-state index contributed by atoms with van der Waals surface area (Å²) in [6.07, 6.45) is 8.82. The van der Waals surface area contributed by atoms with Gasteiger partial charge in [-0.1, -0.05) is 18.0 Å². The van der Waals surface area contributed by atoms with Crippen molar-refractivity contribution in [1.29, 1.82) is 0 Å². The summed E-state index contributed by atoms with van der Waals surface area (Å²) in [6, 6.07) is 0.347. The van der Waals surface area contributed by atoms with Gasteiger partial charge in [0, 0.05) is 6.54 Å². The van der Waals surface area contributed by atoms with Crippen LogP contribution in [0.4, 0.5) is 0 Å². The Morgan fingerprint density at radius 1 is 1.47 bits per heavy atom. The average Bonchev–Trinajstić information content (AvgIpc) is 3.11. The second kappa shape index (κ2) is 5.45. The molecular formula is C15H24ClN3. The molecule has 2 fully saturated rings. The van der Waals surface area contributed by atoms with Crippen LogP contribution in [0.5, 0.6) is 0 Å². The average molecular weight is 282 g/mol. The Morgan fingerprint density at radius 2 is 2.32 bits per heavy atom. The lowest BCUT2D eigenvalue weighted by atomic mass is 9.83. The first-order chi connectivity index (χ1) is 9.22. The summed E-state index contributed by atoms with van der Waals surface area (Å²) in [5, 5.41) is 8.64. The van der Waals surface area contributed by atoms with Gasteiger partial charge in [0.05, 0.1) is 23.0 Å². The number of rotatable bonds is 5. The lowest BCUT2D eigenvalue weighted by Crippen LogP contribution is -2.25. The van der Waals surface area contributed by atoms with E-state index in [1.165, 1.54) is 37.8 Å². The van der Waals surface area contributed by atoms with E-state index in [4.69, 9.17) is 11.6 Å². The van der Waals surface area contributed by atoms with E-state index >= 15 is 0 Å². The lowest BCUT2D eigenvalue weighted by molar-refractivity contribution is 0.279. The number of hydrogen-bond acceptors (Lipinski definition) is 2. The zero-order valence-electron chi connectivity index (χ0n) is 11.9. The highest BCUT2D eigenvalue weighted by atomic mass is 35.5. The monoisotopic (exact) mass is 281 g/mol. The first-order valence-corrected chi connectivity index (χ1v) is 7.99. The molecule has 2 aliphatic carbocycles. The predicted octanol–water partition coefficient (Wildman–Crippen LogP) is 3.64. The summed E-state index contributed by atoms with van der Waals surface area (Å²) in [7, 11) is 2.04. The SMILES string of the molecule is CCn1ncc(Cl)c1C(CC1CC2CCC1C2)NC. The number of aromatic nitrogens is 2. The normalized spacial score (nSPS) is 31.0. The van der Waals surface area contributed by atoms with Crippen molar-refractivity contribution >= 4 is 11.6 Å². The molecular weight excluding hydrogens is 258 g/mol. The smallest absolute Gasteiger partial charge is 0.0834 e. The van der Waals surface area contributed by atoms with Crippen LogP contribution in [0.2, 0.25) is 5.02 Å². The maximum atomic E-state index is 6.34. The van der Waals surface area contributed by atoms with Crippen LogP contribution in [0.1, 0.15) is 50.8 Å². The van der Waals surface area contributed by atoms with Gasteiger partial charge in [-0.15, -0.1) is 0 Å². The standard InChI is InChI=1S/C15H24ClN3/c1-3-19-15(13(16)9-18-19)14(17-2)8-12-7-10-4-5-11(12)6-10/h9-12,14,17H,3-8H2,1-2H3. The van der Waals surface area contributed by atoms with Crippen LogP contribution in [0, 0.1) is 17.8 Å². The molecule has 2 bridgehead atoms. The van der Waals surface area contributed by atoms with Crippen molar-refractivity contribution in [1.82, 2.24) is 15.1 Å². The zero-order valence-corrected chi connectivity index (χ0v) is 12.7. The number of aryl methyl sites for hydroxylation is 1. The molecule has 1 heterocycles. The van der Waals surface area contributed by atoms with Crippen molar-refractivity contribution in [3.05, 3.63) is 16.9 Å². The van der Waals surface area contributed by atoms with Crippen LogP contribution in [0.15, 0.2) is 6.20 Å². The maximum Gasteiger partial charge on any atom is 0.0834 e. The first-order valence-electron chi connectivity index (χ1n) is 7.61. The fraction of sp³-hybridized carbons (Fsp3) is 0.800. The second-order valence-electron chi connectivity index (χ2n) is 6.21. The van der Waals surface area contributed by atoms with E-state index in [0.29, 0.717) is 6.04 Å². The molecule has 3 rings (SSSR count). The van der Waals surface area contributed by atoms with Gasteiger partial charge in [0.1, 0.15) is 0 Å². The fourth-order valence-corrected chi connectivity index (χ4v) is 4.58. The summed E-state index contributed by atoms with van der Waals surface area (Å²) in [5.74, 6) is 2.86. The minimum atomic E-state index is 0.347. The van der Waals surface area contributed by atoms with Gasteiger partial charge in [-0.2, -0.15) is 5.10 Å². The summed E-state index contributed by atoms with van der Waals surface area (Å²) >= 11 is 6.34. The number of nitrogens with one attached hydrogen (secondary N) is 1. The molecule has 19 heavy (non-hydrogen) atoms. The molecule has 4 atom stereocenters. The van der Waals surface area contributed by atoms with E-state index in [9.17, 15) is 0 Å². The Morgan fingerprint density at radius 3 is 2.89 bits per heavy atom. The number of hydrogen-bond donors (Lipinski definition) is 1. The number of nitrogens with zero attached hydrogens (tertiary/aromatic N) is 2. The molecule has 2 aliphatic rings. The van der Waals surface area contributed by atoms with Crippen LogP contribution in [-0.2, 0) is 6.54 Å². The quantitative estimate of drug-likeness (QED) is 0.893. The summed E-state index contributed by atoms with van der Waals surface area (Å²) in [6.45, 7) is 3.01. The summed E-state index contributed by atoms with van der Waals surface area (Å²) in [5.41, 5.74) is 1.18. The molecule has 0 amide bonds. The van der Waals surface area contributed by atoms with E-state index in [1.54, 1.807) is 6.20 Å². The van der Waals surface area contributed by atoms with Crippen molar-refractivity contribution in [2.45, 2.75) is 51.6 Å². The van der Waals surface area contributed by atoms with Gasteiger partial charge in [-0.05, 0) is 57.4 Å². The summed E-state index contributed by atoms with van der Waals surface area (Å²) < 4.78 is 2.04. The molecule has 1 N–H and O–H groups in total. The van der Waals surface area contributed by atoms with Crippen molar-refractivity contribution in [3.63, 3.8) is 0 Å². The minimum absolute atomic E-state index is 0.347. The molecule has 106 valence electrons. The third-order valence-corrected chi connectivity index (χ3v) is 5.53. The van der Waals surface area contributed by atoms with Gasteiger partial charge in [-0.25, -0.2) is 0 Å². The highest BCUT2D eigenvalue weighted by Crippen LogP contribution is 2.51. The Balaban J connectivity index is 1.75. The number of fused-ring (bicyclic) bond motifs is 2. The largest absolute Gasteiger partial charge is 0.312 e. The molecule has 4 unspecified atom stereocenters. The van der Waals surface area contributed by atoms with Crippen molar-refractivity contribution in [2.24, 2.45) is 17.8 Å². The van der Waals surface area contributed by atoms with Crippen LogP contribution in [-0.4, -0.2) is 16.8 Å². The molecule has 2 saturated carbocycles. The van der Waals surface area contributed by atoms with Crippen LogP contribution in [0.25, 0.3) is 0 Å². The molecule has 0 aromatic carbocycles. The van der Waals surface area contributed by atoms with Crippen LogP contribution < -0.4 is 5.32 Å². The minimum Gasteiger partial charge on any atom is -0.312 e. The molecule has 0 spiro atoms. The molecule has 1 aromatic heterocycles. The van der Waals surface area contributed by atoms with Crippen LogP contribution in [0.3, 0.4) is 0 Å². The fourth-order valence-electron chi connectivity index (χ4n) is 4.30. The zero-order chi connectivity index (χ0) is 13.4. The van der Waals surface area contributed by atoms with Crippen molar-refractivity contribution < 1.29 is 0 Å². The van der Waals surface area contributed by atoms with E-state index in [0.717, 1.165) is 29.3 Å². The van der Waals surface area contributed by atoms with E-state index < -0.39 is 0 Å². The molecule has 1 aromatic rings. The highest BCUT2D eigenvalue weighted by molar-refractivity contribution is 6.31. The van der Waals surface area contributed by atoms with E-state index in [2.05, 4.69) is 17.3 Å². The van der Waals surface area contributed by atoms with Gasteiger partial charge in [0.15, 0.2) is 0 Å².